The summed E-state index contributed by atoms with van der Waals surface area (Å²) in [7, 11) is 0. The van der Waals surface area contributed by atoms with E-state index >= 15 is 0 Å². The summed E-state index contributed by atoms with van der Waals surface area (Å²) >= 11 is 1.22. The second-order valence-electron chi connectivity index (χ2n) is 4.21. The van der Waals surface area contributed by atoms with Crippen molar-refractivity contribution in [1.82, 2.24) is 5.32 Å². The first-order valence-corrected chi connectivity index (χ1v) is 7.30. The minimum atomic E-state index is -0.667. The summed E-state index contributed by atoms with van der Waals surface area (Å²) in [6.07, 6.45) is 2.81. The molecule has 2 aromatic rings. The van der Waals surface area contributed by atoms with E-state index in [-0.39, 0.29) is 0 Å². The van der Waals surface area contributed by atoms with Crippen LogP contribution in [0.15, 0.2) is 53.9 Å². The van der Waals surface area contributed by atoms with Gasteiger partial charge in [-0.2, -0.15) is 0 Å². The van der Waals surface area contributed by atoms with Gasteiger partial charge in [0.15, 0.2) is 6.61 Å². The molecule has 0 aliphatic heterocycles. The van der Waals surface area contributed by atoms with E-state index in [1.165, 1.54) is 17.4 Å². The fourth-order valence-electron chi connectivity index (χ4n) is 1.55. The predicted molar refractivity (Wildman–Crippen MR) is 83.2 cm³/mol. The minimum Gasteiger partial charge on any atom is -0.452 e. The Bertz CT molecular complexity index is 677. The highest BCUT2D eigenvalue weighted by Crippen LogP contribution is 2.07. The van der Waals surface area contributed by atoms with Gasteiger partial charge in [-0.1, -0.05) is 36.4 Å². The standard InChI is InChI=1S/C16H13NO4S/c18-14(17-16(20)13-7-4-10-22-13)11-21-15(19)9-8-12-5-2-1-3-6-12/h1-10H,11H2,(H,17,18,20)/b9-8+. The Labute approximate surface area is 131 Å². The van der Waals surface area contributed by atoms with E-state index in [1.54, 1.807) is 23.6 Å². The summed E-state index contributed by atoms with van der Waals surface area (Å²) < 4.78 is 4.76. The van der Waals surface area contributed by atoms with Gasteiger partial charge in [-0.3, -0.25) is 14.9 Å². The number of rotatable bonds is 5. The molecule has 1 aromatic carbocycles. The summed E-state index contributed by atoms with van der Waals surface area (Å²) in [5.74, 6) is -1.82. The number of hydrogen-bond acceptors (Lipinski definition) is 5. The largest absolute Gasteiger partial charge is 0.452 e. The first-order valence-electron chi connectivity index (χ1n) is 6.43. The number of carbonyl (C=O) groups is 3. The van der Waals surface area contributed by atoms with Crippen LogP contribution < -0.4 is 5.32 Å². The third-order valence-electron chi connectivity index (χ3n) is 2.55. The van der Waals surface area contributed by atoms with Crippen molar-refractivity contribution in [1.29, 1.82) is 0 Å². The Morgan fingerprint density at radius 1 is 1.09 bits per heavy atom. The SMILES string of the molecule is O=C(COC(=O)/C=C/c1ccccc1)NC(=O)c1cccs1. The molecule has 0 saturated carbocycles. The summed E-state index contributed by atoms with van der Waals surface area (Å²) in [5, 5.41) is 3.87. The van der Waals surface area contributed by atoms with E-state index in [2.05, 4.69) is 5.32 Å². The van der Waals surface area contributed by atoms with E-state index in [9.17, 15) is 14.4 Å². The monoisotopic (exact) mass is 315 g/mol. The second-order valence-corrected chi connectivity index (χ2v) is 5.15. The van der Waals surface area contributed by atoms with Crippen LogP contribution in [-0.4, -0.2) is 24.4 Å². The maximum Gasteiger partial charge on any atom is 0.331 e. The molecule has 112 valence electrons. The molecule has 0 spiro atoms. The molecular formula is C16H13NO4S. The Kier molecular flexibility index (Phi) is 5.62. The summed E-state index contributed by atoms with van der Waals surface area (Å²) in [6.45, 7) is -0.505. The van der Waals surface area contributed by atoms with Crippen molar-refractivity contribution in [2.24, 2.45) is 0 Å². The van der Waals surface area contributed by atoms with Crippen LogP contribution in [0.1, 0.15) is 15.2 Å². The quantitative estimate of drug-likeness (QED) is 0.678. The van der Waals surface area contributed by atoms with Crippen molar-refractivity contribution in [3.8, 4) is 0 Å². The smallest absolute Gasteiger partial charge is 0.331 e. The van der Waals surface area contributed by atoms with Crippen molar-refractivity contribution < 1.29 is 19.1 Å². The van der Waals surface area contributed by atoms with Crippen LogP contribution in [0, 0.1) is 0 Å². The van der Waals surface area contributed by atoms with Gasteiger partial charge in [0.25, 0.3) is 11.8 Å². The van der Waals surface area contributed by atoms with E-state index in [4.69, 9.17) is 4.74 Å². The maximum atomic E-state index is 11.6. The van der Waals surface area contributed by atoms with Crippen LogP contribution >= 0.6 is 11.3 Å². The molecule has 1 aromatic heterocycles. The zero-order valence-electron chi connectivity index (χ0n) is 11.5. The first kappa shape index (κ1) is 15.7. The topological polar surface area (TPSA) is 72.5 Å². The molecule has 0 aliphatic carbocycles. The highest BCUT2D eigenvalue weighted by atomic mass is 32.1. The number of amides is 2. The summed E-state index contributed by atoms with van der Waals surface area (Å²) in [4.78, 5) is 35.0. The predicted octanol–water partition coefficient (Wildman–Crippen LogP) is 2.26. The summed E-state index contributed by atoms with van der Waals surface area (Å²) in [6, 6.07) is 12.5. The van der Waals surface area contributed by atoms with Gasteiger partial charge in [-0.25, -0.2) is 4.79 Å². The van der Waals surface area contributed by atoms with Gasteiger partial charge in [0.2, 0.25) is 0 Å². The Morgan fingerprint density at radius 3 is 2.55 bits per heavy atom. The molecule has 1 heterocycles. The number of hydrogen-bond donors (Lipinski definition) is 1. The van der Waals surface area contributed by atoms with Gasteiger partial charge in [0.1, 0.15) is 0 Å². The lowest BCUT2D eigenvalue weighted by Gasteiger charge is -2.02. The van der Waals surface area contributed by atoms with Crippen molar-refractivity contribution >= 4 is 35.2 Å². The lowest BCUT2D eigenvalue weighted by atomic mass is 10.2. The van der Waals surface area contributed by atoms with Crippen LogP contribution in [0.2, 0.25) is 0 Å². The Hall–Kier alpha value is -2.73. The maximum absolute atomic E-state index is 11.6. The van der Waals surface area contributed by atoms with Crippen LogP contribution in [0.25, 0.3) is 6.08 Å². The zero-order chi connectivity index (χ0) is 15.8. The fourth-order valence-corrected chi connectivity index (χ4v) is 2.16. The number of benzene rings is 1. The molecule has 0 bridgehead atoms. The lowest BCUT2D eigenvalue weighted by molar-refractivity contribution is -0.143. The van der Waals surface area contributed by atoms with E-state index in [1.807, 2.05) is 30.3 Å². The van der Waals surface area contributed by atoms with Crippen molar-refractivity contribution in [3.63, 3.8) is 0 Å². The second kappa shape index (κ2) is 7.90. The van der Waals surface area contributed by atoms with E-state index in [0.717, 1.165) is 5.56 Å². The highest BCUT2D eigenvalue weighted by molar-refractivity contribution is 7.12. The number of ether oxygens (including phenoxy) is 1. The molecule has 22 heavy (non-hydrogen) atoms. The van der Waals surface area contributed by atoms with Gasteiger partial charge >= 0.3 is 5.97 Å². The average Bonchev–Trinajstić information content (AvgIpc) is 3.06. The Balaban J connectivity index is 1.75. The molecule has 0 radical (unpaired) electrons. The van der Waals surface area contributed by atoms with Gasteiger partial charge in [0, 0.05) is 6.08 Å². The molecule has 0 atom stereocenters. The van der Waals surface area contributed by atoms with Gasteiger partial charge in [-0.15, -0.1) is 11.3 Å². The van der Waals surface area contributed by atoms with Gasteiger partial charge < -0.3 is 4.74 Å². The molecule has 0 saturated heterocycles. The number of nitrogens with one attached hydrogen (secondary N) is 1. The molecule has 0 aliphatic rings. The molecule has 6 heteroatoms. The van der Waals surface area contributed by atoms with Crippen LogP contribution in [0.5, 0.6) is 0 Å². The lowest BCUT2D eigenvalue weighted by Crippen LogP contribution is -2.33. The molecule has 5 nitrogen and oxygen atoms in total. The number of thiophene rings is 1. The van der Waals surface area contributed by atoms with Crippen LogP contribution in [-0.2, 0) is 14.3 Å². The first-order chi connectivity index (χ1) is 10.6. The molecule has 2 rings (SSSR count). The normalized spacial score (nSPS) is 10.4. The minimum absolute atomic E-state index is 0.420. The molecule has 1 N–H and O–H groups in total. The van der Waals surface area contributed by atoms with Gasteiger partial charge in [0.05, 0.1) is 4.88 Å². The molecule has 2 amide bonds. The third kappa shape index (κ3) is 4.99. The van der Waals surface area contributed by atoms with E-state index in [0.29, 0.717) is 4.88 Å². The summed E-state index contributed by atoms with van der Waals surface area (Å²) in [5.41, 5.74) is 0.844. The molecule has 0 fully saturated rings. The number of imide groups is 1. The van der Waals surface area contributed by atoms with Crippen LogP contribution in [0.3, 0.4) is 0 Å². The highest BCUT2D eigenvalue weighted by Gasteiger charge is 2.12. The van der Waals surface area contributed by atoms with Crippen LogP contribution in [0.4, 0.5) is 0 Å². The van der Waals surface area contributed by atoms with Crippen molar-refractivity contribution in [3.05, 3.63) is 64.4 Å². The zero-order valence-corrected chi connectivity index (χ0v) is 12.3. The van der Waals surface area contributed by atoms with Crippen molar-refractivity contribution in [2.45, 2.75) is 0 Å². The Morgan fingerprint density at radius 2 is 1.86 bits per heavy atom. The number of carbonyl (C=O) groups excluding carboxylic acids is 3. The van der Waals surface area contributed by atoms with Gasteiger partial charge in [-0.05, 0) is 23.1 Å². The molecular weight excluding hydrogens is 302 g/mol. The number of esters is 1. The van der Waals surface area contributed by atoms with E-state index < -0.39 is 24.4 Å². The molecule has 0 unspecified atom stereocenters. The average molecular weight is 315 g/mol. The van der Waals surface area contributed by atoms with Crippen molar-refractivity contribution in [2.75, 3.05) is 6.61 Å². The fraction of sp³-hybridized carbons (Fsp3) is 0.0625. The third-order valence-corrected chi connectivity index (χ3v) is 3.42.